The van der Waals surface area contributed by atoms with Gasteiger partial charge in [0.05, 0.1) is 0 Å². The van der Waals surface area contributed by atoms with E-state index >= 15 is 0 Å². The molecule has 0 saturated carbocycles. The summed E-state index contributed by atoms with van der Waals surface area (Å²) >= 11 is 0. The Kier molecular flexibility index (Phi) is 3.31. The largest absolute Gasteiger partial charge is 0.478 e. The van der Waals surface area contributed by atoms with Crippen LogP contribution in [0.4, 0.5) is 5.82 Å². The molecule has 92 valence electrons. The van der Waals surface area contributed by atoms with Gasteiger partial charge >= 0.3 is 11.8 Å². The minimum absolute atomic E-state index is 0.159. The molecule has 0 unspecified atom stereocenters. The Labute approximate surface area is 97.2 Å². The Bertz CT molecular complexity index is 470. The third-order valence-corrected chi connectivity index (χ3v) is 2.03. The fourth-order valence-electron chi connectivity index (χ4n) is 1.06. The van der Waals surface area contributed by atoms with E-state index in [1.165, 1.54) is 26.0 Å². The number of carboxylic acids is 1. The van der Waals surface area contributed by atoms with Gasteiger partial charge in [-0.25, -0.2) is 4.79 Å². The van der Waals surface area contributed by atoms with Gasteiger partial charge in [0.1, 0.15) is 5.69 Å². The summed E-state index contributed by atoms with van der Waals surface area (Å²) in [4.78, 5) is 24.6. The van der Waals surface area contributed by atoms with Crippen molar-refractivity contribution in [1.29, 1.82) is 0 Å². The maximum atomic E-state index is 10.9. The van der Waals surface area contributed by atoms with Crippen LogP contribution in [0.25, 0.3) is 0 Å². The summed E-state index contributed by atoms with van der Waals surface area (Å²) in [5.41, 5.74) is -1.10. The molecule has 7 nitrogen and oxygen atoms in total. The van der Waals surface area contributed by atoms with Crippen LogP contribution in [-0.2, 0) is 4.79 Å². The van der Waals surface area contributed by atoms with Crippen molar-refractivity contribution < 1.29 is 19.6 Å². The van der Waals surface area contributed by atoms with Gasteiger partial charge in [0.2, 0.25) is 5.75 Å². The van der Waals surface area contributed by atoms with E-state index in [9.17, 15) is 14.9 Å². The smallest absolute Gasteiger partial charge is 0.406 e. The minimum Gasteiger partial charge on any atom is -0.478 e. The summed E-state index contributed by atoms with van der Waals surface area (Å²) in [6, 6.07) is 2.85. The summed E-state index contributed by atoms with van der Waals surface area (Å²) < 4.78 is 5.11. The summed E-state index contributed by atoms with van der Waals surface area (Å²) in [5.74, 6) is -1.86. The van der Waals surface area contributed by atoms with E-state index in [0.29, 0.717) is 5.69 Å². The van der Waals surface area contributed by atoms with Gasteiger partial charge in [-0.2, -0.15) is 0 Å². The second-order valence-electron chi connectivity index (χ2n) is 3.95. The molecule has 1 rings (SSSR count). The highest BCUT2D eigenvalue weighted by Gasteiger charge is 2.32. The lowest BCUT2D eigenvalue weighted by atomic mass is 10.1. The van der Waals surface area contributed by atoms with Crippen LogP contribution >= 0.6 is 0 Å². The number of hydrogen-bond acceptors (Lipinski definition) is 5. The fraction of sp³-hybridized carbons (Fsp3) is 0.400. The predicted molar refractivity (Wildman–Crippen MR) is 58.0 cm³/mol. The fourth-order valence-corrected chi connectivity index (χ4v) is 1.06. The molecule has 0 bridgehead atoms. The number of carboxylic acid groups (broad SMARTS) is 1. The second kappa shape index (κ2) is 4.36. The first-order valence-electron chi connectivity index (χ1n) is 4.78. The van der Waals surface area contributed by atoms with E-state index in [1.54, 1.807) is 6.92 Å². The highest BCUT2D eigenvalue weighted by Crippen LogP contribution is 2.28. The molecular weight excluding hydrogens is 228 g/mol. The molecule has 0 amide bonds. The van der Waals surface area contributed by atoms with E-state index in [1.807, 2.05) is 0 Å². The zero-order valence-corrected chi connectivity index (χ0v) is 9.63. The van der Waals surface area contributed by atoms with Crippen LogP contribution in [0, 0.1) is 17.0 Å². The molecular formula is C10H12N2O5. The molecule has 1 N–H and O–H groups in total. The topological polar surface area (TPSA) is 103 Å². The Morgan fingerprint density at radius 3 is 2.59 bits per heavy atom. The van der Waals surface area contributed by atoms with E-state index in [0.717, 1.165) is 0 Å². The van der Waals surface area contributed by atoms with Crippen LogP contribution in [0.5, 0.6) is 5.75 Å². The molecule has 7 heteroatoms. The van der Waals surface area contributed by atoms with Gasteiger partial charge in [0.25, 0.3) is 0 Å². The van der Waals surface area contributed by atoms with Crippen molar-refractivity contribution >= 4 is 11.8 Å². The van der Waals surface area contributed by atoms with Crippen molar-refractivity contribution in [3.05, 3.63) is 27.9 Å². The molecule has 0 atom stereocenters. The van der Waals surface area contributed by atoms with Crippen molar-refractivity contribution in [2.45, 2.75) is 26.4 Å². The van der Waals surface area contributed by atoms with E-state index in [-0.39, 0.29) is 5.75 Å². The number of aliphatic carboxylic acids is 1. The monoisotopic (exact) mass is 240 g/mol. The minimum atomic E-state index is -1.55. The number of rotatable bonds is 4. The lowest BCUT2D eigenvalue weighted by Gasteiger charge is -2.20. The molecule has 0 radical (unpaired) electrons. The highest BCUT2D eigenvalue weighted by molar-refractivity contribution is 5.77. The van der Waals surface area contributed by atoms with Crippen molar-refractivity contribution in [3.63, 3.8) is 0 Å². The molecule has 1 aromatic rings. The second-order valence-corrected chi connectivity index (χ2v) is 3.95. The Balaban J connectivity index is 3.15. The van der Waals surface area contributed by atoms with Gasteiger partial charge in [0, 0.05) is 6.92 Å². The zero-order valence-electron chi connectivity index (χ0n) is 9.63. The van der Waals surface area contributed by atoms with Gasteiger partial charge < -0.3 is 20.0 Å². The Morgan fingerprint density at radius 1 is 1.53 bits per heavy atom. The van der Waals surface area contributed by atoms with Crippen molar-refractivity contribution in [1.82, 2.24) is 4.98 Å². The first kappa shape index (κ1) is 12.9. The summed E-state index contributed by atoms with van der Waals surface area (Å²) in [5, 5.41) is 19.6. The van der Waals surface area contributed by atoms with E-state index in [4.69, 9.17) is 9.84 Å². The molecule has 0 aliphatic rings. The highest BCUT2D eigenvalue weighted by atomic mass is 16.6. The van der Waals surface area contributed by atoms with Crippen molar-refractivity contribution in [2.24, 2.45) is 0 Å². The molecule has 0 spiro atoms. The molecule has 0 aliphatic carbocycles. The summed E-state index contributed by atoms with van der Waals surface area (Å²) in [7, 11) is 0. The zero-order chi connectivity index (χ0) is 13.2. The maximum Gasteiger partial charge on any atom is 0.406 e. The van der Waals surface area contributed by atoms with Crippen LogP contribution in [0.2, 0.25) is 0 Å². The predicted octanol–water partition coefficient (Wildman–Crippen LogP) is 1.54. The van der Waals surface area contributed by atoms with E-state index < -0.39 is 22.3 Å². The van der Waals surface area contributed by atoms with Crippen LogP contribution in [0.1, 0.15) is 19.5 Å². The third-order valence-electron chi connectivity index (χ3n) is 2.03. The third kappa shape index (κ3) is 2.90. The Morgan fingerprint density at radius 2 is 2.12 bits per heavy atom. The maximum absolute atomic E-state index is 10.9. The molecule has 17 heavy (non-hydrogen) atoms. The number of carbonyl (C=O) groups is 1. The molecule has 0 fully saturated rings. The van der Waals surface area contributed by atoms with Crippen molar-refractivity contribution in [2.75, 3.05) is 0 Å². The average Bonchev–Trinajstić information content (AvgIpc) is 2.19. The number of nitro groups is 1. The first-order chi connectivity index (χ1) is 7.74. The van der Waals surface area contributed by atoms with Gasteiger partial charge in [-0.1, -0.05) is 0 Å². The quantitative estimate of drug-likeness (QED) is 0.632. The van der Waals surface area contributed by atoms with Gasteiger partial charge in [-0.05, 0) is 35.9 Å². The standard InChI is InChI=1S/C10H12N2O5/c1-6-4-5-7(8(11-6)12(15)16)17-10(2,3)9(13)14/h4-5H,1-3H3,(H,13,14). The number of hydrogen-bond donors (Lipinski definition) is 1. The molecule has 0 aliphatic heterocycles. The lowest BCUT2D eigenvalue weighted by Crippen LogP contribution is -2.38. The molecule has 0 saturated heterocycles. The normalized spacial score (nSPS) is 11.0. The number of ether oxygens (including phenoxy) is 1. The number of pyridine rings is 1. The van der Waals surface area contributed by atoms with Crippen LogP contribution in [0.3, 0.4) is 0 Å². The summed E-state index contributed by atoms with van der Waals surface area (Å²) in [6.45, 7) is 4.21. The SMILES string of the molecule is Cc1ccc(OC(C)(C)C(=O)O)c([N+](=O)[O-])n1. The molecule has 1 heterocycles. The van der Waals surface area contributed by atoms with Gasteiger partial charge in [-0.15, -0.1) is 0 Å². The van der Waals surface area contributed by atoms with Gasteiger partial charge in [-0.3, -0.25) is 0 Å². The molecule has 0 aromatic carbocycles. The number of aryl methyl sites for hydroxylation is 1. The average molecular weight is 240 g/mol. The number of nitrogens with zero attached hydrogens (tertiary/aromatic N) is 2. The van der Waals surface area contributed by atoms with Crippen LogP contribution in [0.15, 0.2) is 12.1 Å². The number of aromatic nitrogens is 1. The van der Waals surface area contributed by atoms with Crippen LogP contribution < -0.4 is 4.74 Å². The van der Waals surface area contributed by atoms with E-state index in [2.05, 4.69) is 4.98 Å². The summed E-state index contributed by atoms with van der Waals surface area (Å²) in [6.07, 6.45) is 0. The molecule has 1 aromatic heterocycles. The van der Waals surface area contributed by atoms with Crippen molar-refractivity contribution in [3.8, 4) is 5.75 Å². The lowest BCUT2D eigenvalue weighted by molar-refractivity contribution is -0.391. The van der Waals surface area contributed by atoms with Gasteiger partial charge in [0.15, 0.2) is 5.60 Å². The first-order valence-corrected chi connectivity index (χ1v) is 4.78. The Hall–Kier alpha value is -2.18. The van der Waals surface area contributed by atoms with Crippen LogP contribution in [-0.4, -0.2) is 26.6 Å².